The van der Waals surface area contributed by atoms with Gasteiger partial charge in [-0.05, 0) is 42.0 Å². The van der Waals surface area contributed by atoms with E-state index in [1.807, 2.05) is 41.0 Å². The van der Waals surface area contributed by atoms with Gasteiger partial charge >= 0.3 is 0 Å². The molecule has 8 heteroatoms. The van der Waals surface area contributed by atoms with Gasteiger partial charge in [0.15, 0.2) is 5.16 Å². The second-order valence-electron chi connectivity index (χ2n) is 8.75. The first-order valence-corrected chi connectivity index (χ1v) is 12.9. The van der Waals surface area contributed by atoms with Crippen LogP contribution >= 0.6 is 11.8 Å². The minimum atomic E-state index is -0.0925. The molecule has 0 radical (unpaired) electrons. The summed E-state index contributed by atoms with van der Waals surface area (Å²) in [5.74, 6) is 0.419. The van der Waals surface area contributed by atoms with Crippen LogP contribution in [0.1, 0.15) is 36.4 Å². The molecule has 1 aliphatic carbocycles. The largest absolute Gasteiger partial charge is 0.383 e. The molecule has 1 saturated carbocycles. The zero-order chi connectivity index (χ0) is 24.0. The first-order chi connectivity index (χ1) is 17.2. The van der Waals surface area contributed by atoms with Gasteiger partial charge in [0.25, 0.3) is 5.91 Å². The summed E-state index contributed by atoms with van der Waals surface area (Å²) in [5, 5.41) is 15.6. The molecule has 0 saturated heterocycles. The number of ether oxygens (including phenoxy) is 1. The van der Waals surface area contributed by atoms with Crippen LogP contribution in [0.3, 0.4) is 0 Å². The number of benzene rings is 2. The molecule has 35 heavy (non-hydrogen) atoms. The lowest BCUT2D eigenvalue weighted by atomic mass is 9.77. The van der Waals surface area contributed by atoms with Crippen LogP contribution < -0.4 is 0 Å². The lowest BCUT2D eigenvalue weighted by Crippen LogP contribution is -2.32. The molecule has 0 bridgehead atoms. The molecule has 1 aliphatic heterocycles. The average molecular weight is 488 g/mol. The lowest BCUT2D eigenvalue weighted by Gasteiger charge is -2.29. The van der Waals surface area contributed by atoms with E-state index in [2.05, 4.69) is 40.5 Å². The molecule has 0 N–H and O–H groups in total. The van der Waals surface area contributed by atoms with Gasteiger partial charge in [0.1, 0.15) is 6.33 Å². The summed E-state index contributed by atoms with van der Waals surface area (Å²) in [4.78, 5) is 13.6. The van der Waals surface area contributed by atoms with E-state index in [9.17, 15) is 4.79 Å². The summed E-state index contributed by atoms with van der Waals surface area (Å²) in [7, 11) is 1.66. The Morgan fingerprint density at radius 3 is 2.69 bits per heavy atom. The fourth-order valence-corrected chi connectivity index (χ4v) is 5.63. The second-order valence-corrected chi connectivity index (χ2v) is 9.69. The zero-order valence-electron chi connectivity index (χ0n) is 19.8. The van der Waals surface area contributed by atoms with Gasteiger partial charge in [-0.2, -0.15) is 5.10 Å². The van der Waals surface area contributed by atoms with Gasteiger partial charge in [0.2, 0.25) is 0 Å². The monoisotopic (exact) mass is 487 g/mol. The number of rotatable bonds is 8. The Morgan fingerprint density at radius 1 is 1.14 bits per heavy atom. The SMILES string of the molecule is COCCn1cnnc1SCC(=O)N1N=C2/C(=C/c3ccccc3)CCCC2C1c1ccccc1. The van der Waals surface area contributed by atoms with Crippen molar-refractivity contribution >= 4 is 29.5 Å². The maximum Gasteiger partial charge on any atom is 0.253 e. The third-order valence-electron chi connectivity index (χ3n) is 6.48. The highest BCUT2D eigenvalue weighted by Crippen LogP contribution is 2.44. The number of hydrogen-bond acceptors (Lipinski definition) is 6. The second kappa shape index (κ2) is 11.0. The van der Waals surface area contributed by atoms with E-state index in [0.29, 0.717) is 18.3 Å². The van der Waals surface area contributed by atoms with Crippen LogP contribution in [0.15, 0.2) is 82.8 Å². The van der Waals surface area contributed by atoms with Crippen molar-refractivity contribution in [3.63, 3.8) is 0 Å². The molecule has 1 amide bonds. The molecule has 7 nitrogen and oxygen atoms in total. The van der Waals surface area contributed by atoms with Crippen molar-refractivity contribution in [2.24, 2.45) is 11.0 Å². The van der Waals surface area contributed by atoms with Crippen LogP contribution in [-0.4, -0.2) is 50.9 Å². The first-order valence-electron chi connectivity index (χ1n) is 12.0. The number of allylic oxidation sites excluding steroid dienone is 1. The molecule has 2 unspecified atom stereocenters. The number of methoxy groups -OCH3 is 1. The van der Waals surface area contributed by atoms with Gasteiger partial charge in [-0.1, -0.05) is 72.4 Å². The summed E-state index contributed by atoms with van der Waals surface area (Å²) < 4.78 is 7.07. The fourth-order valence-electron chi connectivity index (χ4n) is 4.83. The van der Waals surface area contributed by atoms with Crippen molar-refractivity contribution in [1.29, 1.82) is 0 Å². The molecule has 2 atom stereocenters. The minimum absolute atomic E-state index is 0.0221. The Morgan fingerprint density at radius 2 is 1.91 bits per heavy atom. The summed E-state index contributed by atoms with van der Waals surface area (Å²) in [6.07, 6.45) is 6.99. The van der Waals surface area contributed by atoms with Crippen molar-refractivity contribution in [1.82, 2.24) is 19.8 Å². The predicted octanol–water partition coefficient (Wildman–Crippen LogP) is 4.84. The average Bonchev–Trinajstić information content (AvgIpc) is 3.52. The number of amides is 1. The Balaban J connectivity index is 1.41. The molecule has 180 valence electrons. The smallest absolute Gasteiger partial charge is 0.253 e. The topological polar surface area (TPSA) is 72.6 Å². The maximum atomic E-state index is 13.6. The van der Waals surface area contributed by atoms with E-state index in [0.717, 1.165) is 36.1 Å². The maximum absolute atomic E-state index is 13.6. The summed E-state index contributed by atoms with van der Waals surface area (Å²) in [5.41, 5.74) is 4.57. The molecular weight excluding hydrogens is 458 g/mol. The molecule has 2 heterocycles. The summed E-state index contributed by atoms with van der Waals surface area (Å²) in [6, 6.07) is 20.5. The highest BCUT2D eigenvalue weighted by atomic mass is 32.2. The van der Waals surface area contributed by atoms with Gasteiger partial charge in [-0.15, -0.1) is 10.2 Å². The quantitative estimate of drug-likeness (QED) is 0.425. The van der Waals surface area contributed by atoms with E-state index in [1.165, 1.54) is 17.3 Å². The van der Waals surface area contributed by atoms with Crippen LogP contribution in [0.5, 0.6) is 0 Å². The third kappa shape index (κ3) is 5.23. The number of carbonyl (C=O) groups is 1. The van der Waals surface area contributed by atoms with Gasteiger partial charge < -0.3 is 9.30 Å². The van der Waals surface area contributed by atoms with Crippen LogP contribution in [-0.2, 0) is 16.1 Å². The predicted molar refractivity (Wildman–Crippen MR) is 138 cm³/mol. The number of thioether (sulfide) groups is 1. The number of aromatic nitrogens is 3. The van der Waals surface area contributed by atoms with Crippen LogP contribution in [0, 0.1) is 5.92 Å². The standard InChI is InChI=1S/C27H29N5O2S/c1-34-16-15-31-19-28-29-27(31)35-18-24(33)32-26(21-11-6-3-7-12-21)23-14-8-13-22(25(23)30-32)17-20-9-4-2-5-10-20/h2-7,9-12,17,19,23,26H,8,13-16,18H2,1H3/b22-17+. The number of hydrazone groups is 1. The molecular formula is C27H29N5O2S. The van der Waals surface area contributed by atoms with Crippen LogP contribution in [0.2, 0.25) is 0 Å². The molecule has 5 rings (SSSR count). The summed E-state index contributed by atoms with van der Waals surface area (Å²) in [6.45, 7) is 1.21. The Kier molecular flexibility index (Phi) is 7.39. The zero-order valence-corrected chi connectivity index (χ0v) is 20.6. The van der Waals surface area contributed by atoms with Crippen LogP contribution in [0.25, 0.3) is 6.08 Å². The summed E-state index contributed by atoms with van der Waals surface area (Å²) >= 11 is 1.39. The van der Waals surface area contributed by atoms with Crippen LogP contribution in [0.4, 0.5) is 0 Å². The molecule has 2 aliphatic rings. The molecule has 3 aromatic rings. The number of carbonyl (C=O) groups excluding carboxylic acids is 1. The van der Waals surface area contributed by atoms with Crippen molar-refractivity contribution in [3.8, 4) is 0 Å². The van der Waals surface area contributed by atoms with Gasteiger partial charge in [0.05, 0.1) is 24.1 Å². The number of hydrogen-bond donors (Lipinski definition) is 0. The normalized spacial score (nSPS) is 20.7. The molecule has 1 fully saturated rings. The molecule has 2 aromatic carbocycles. The number of nitrogens with zero attached hydrogens (tertiary/aromatic N) is 5. The van der Waals surface area contributed by atoms with Gasteiger partial charge in [-0.25, -0.2) is 5.01 Å². The first kappa shape index (κ1) is 23.5. The number of fused-ring (bicyclic) bond motifs is 1. The van der Waals surface area contributed by atoms with Gasteiger partial charge in [0, 0.05) is 19.6 Å². The fraction of sp³-hybridized carbons (Fsp3) is 0.333. The van der Waals surface area contributed by atoms with E-state index >= 15 is 0 Å². The minimum Gasteiger partial charge on any atom is -0.383 e. The van der Waals surface area contributed by atoms with Crippen molar-refractivity contribution in [2.75, 3.05) is 19.5 Å². The van der Waals surface area contributed by atoms with E-state index in [-0.39, 0.29) is 23.6 Å². The lowest BCUT2D eigenvalue weighted by molar-refractivity contribution is -0.130. The Hall–Kier alpha value is -3.23. The highest BCUT2D eigenvalue weighted by molar-refractivity contribution is 7.99. The van der Waals surface area contributed by atoms with E-state index < -0.39 is 0 Å². The Labute approximate surface area is 209 Å². The van der Waals surface area contributed by atoms with E-state index in [4.69, 9.17) is 9.84 Å². The van der Waals surface area contributed by atoms with E-state index in [1.54, 1.807) is 18.4 Å². The molecule has 1 aromatic heterocycles. The molecule has 0 spiro atoms. The van der Waals surface area contributed by atoms with Crippen molar-refractivity contribution < 1.29 is 9.53 Å². The third-order valence-corrected chi connectivity index (χ3v) is 7.45. The highest BCUT2D eigenvalue weighted by Gasteiger charge is 2.43. The van der Waals surface area contributed by atoms with Crippen molar-refractivity contribution in [3.05, 3.63) is 83.7 Å². The van der Waals surface area contributed by atoms with Crippen molar-refractivity contribution in [2.45, 2.75) is 37.0 Å². The Bertz CT molecular complexity index is 1210. The van der Waals surface area contributed by atoms with Gasteiger partial charge in [-0.3, -0.25) is 4.79 Å².